The molecule has 0 saturated carbocycles. The van der Waals surface area contributed by atoms with Crippen molar-refractivity contribution in [2.24, 2.45) is 5.10 Å². The molecule has 12 heteroatoms. The van der Waals surface area contributed by atoms with Gasteiger partial charge in [0.25, 0.3) is 5.91 Å². The summed E-state index contributed by atoms with van der Waals surface area (Å²) in [4.78, 5) is 14.5. The molecule has 12 nitrogen and oxygen atoms in total. The molecule has 0 saturated heterocycles. The summed E-state index contributed by atoms with van der Waals surface area (Å²) in [6.07, 6.45) is 1.61. The van der Waals surface area contributed by atoms with Gasteiger partial charge in [-0.15, -0.1) is 5.10 Å². The summed E-state index contributed by atoms with van der Waals surface area (Å²) in [5, 5.41) is 19.1. The number of benzene rings is 1. The number of nitrogen functional groups attached to an aromatic ring is 1. The van der Waals surface area contributed by atoms with Crippen LogP contribution in [0.15, 0.2) is 34.0 Å². The molecule has 0 aliphatic rings. The van der Waals surface area contributed by atoms with E-state index in [-0.39, 0.29) is 23.4 Å². The van der Waals surface area contributed by atoms with Crippen molar-refractivity contribution in [3.8, 4) is 11.6 Å². The van der Waals surface area contributed by atoms with Gasteiger partial charge >= 0.3 is 0 Å². The van der Waals surface area contributed by atoms with Crippen LogP contribution in [0.3, 0.4) is 0 Å². The molecule has 0 atom stereocenters. The number of anilines is 1. The third-order valence-electron chi connectivity index (χ3n) is 3.77. The third kappa shape index (κ3) is 4.97. The smallest absolute Gasteiger partial charge is 0.293 e. The Bertz CT molecular complexity index is 1020. The number of nitrogens with zero attached hydrogens (tertiary/aromatic N) is 7. The molecular weight excluding hydrogens is 390 g/mol. The zero-order chi connectivity index (χ0) is 21.7. The van der Waals surface area contributed by atoms with E-state index in [1.165, 1.54) is 10.9 Å². The van der Waals surface area contributed by atoms with Crippen LogP contribution in [-0.4, -0.2) is 62.5 Å². The van der Waals surface area contributed by atoms with E-state index in [1.54, 1.807) is 0 Å². The van der Waals surface area contributed by atoms with E-state index in [0.717, 1.165) is 11.3 Å². The lowest BCUT2D eigenvalue weighted by Crippen LogP contribution is -2.23. The van der Waals surface area contributed by atoms with E-state index in [1.807, 2.05) is 57.1 Å². The Morgan fingerprint density at radius 2 is 2.07 bits per heavy atom. The van der Waals surface area contributed by atoms with Crippen molar-refractivity contribution in [1.82, 2.24) is 35.6 Å². The van der Waals surface area contributed by atoms with Crippen molar-refractivity contribution in [3.63, 3.8) is 0 Å². The van der Waals surface area contributed by atoms with Crippen molar-refractivity contribution in [2.45, 2.75) is 26.5 Å². The zero-order valence-corrected chi connectivity index (χ0v) is 17.1. The van der Waals surface area contributed by atoms with Gasteiger partial charge in [-0.25, -0.2) is 10.1 Å². The van der Waals surface area contributed by atoms with Crippen LogP contribution in [0.25, 0.3) is 5.82 Å². The summed E-state index contributed by atoms with van der Waals surface area (Å²) in [5.41, 5.74) is 9.54. The predicted octanol–water partition coefficient (Wildman–Crippen LogP) is 0.845. The molecule has 0 aliphatic carbocycles. The molecule has 0 aliphatic heterocycles. The van der Waals surface area contributed by atoms with Crippen molar-refractivity contribution < 1.29 is 14.2 Å². The maximum absolute atomic E-state index is 12.6. The maximum atomic E-state index is 12.6. The van der Waals surface area contributed by atoms with E-state index < -0.39 is 5.91 Å². The molecule has 0 bridgehead atoms. The van der Waals surface area contributed by atoms with Crippen LogP contribution >= 0.6 is 0 Å². The number of amides is 1. The van der Waals surface area contributed by atoms with Gasteiger partial charge in [0.15, 0.2) is 5.69 Å². The van der Waals surface area contributed by atoms with E-state index in [9.17, 15) is 4.79 Å². The molecular formula is C18H23N9O3. The Labute approximate surface area is 172 Å². The van der Waals surface area contributed by atoms with Crippen LogP contribution in [-0.2, 0) is 6.54 Å². The van der Waals surface area contributed by atoms with Crippen LogP contribution in [0, 0.1) is 0 Å². The van der Waals surface area contributed by atoms with Gasteiger partial charge in [0.2, 0.25) is 11.6 Å². The number of hydrogen-bond acceptors (Lipinski definition) is 10. The SMILES string of the molecule is CC(C)Oc1ccc(/C=N\NC(=O)c2nnn(-c3nonc3N)c2CN(C)C)cc1. The topological polar surface area (TPSA) is 150 Å². The standard InChI is InChI=1S/C18H23N9O3/c1-11(2)29-13-7-5-12(6-8-13)9-20-22-18(28)15-14(10-26(3)4)27(25-21-15)17-16(19)23-30-24-17/h5-9,11H,10H2,1-4H3,(H2,19,23)(H,22,28)/b20-9-. The predicted molar refractivity (Wildman–Crippen MR) is 108 cm³/mol. The van der Waals surface area contributed by atoms with E-state index in [2.05, 4.69) is 35.8 Å². The van der Waals surface area contributed by atoms with E-state index >= 15 is 0 Å². The van der Waals surface area contributed by atoms with Gasteiger partial charge in [0.05, 0.1) is 18.0 Å². The second-order valence-electron chi connectivity index (χ2n) is 6.94. The quantitative estimate of drug-likeness (QED) is 0.404. The fourth-order valence-corrected chi connectivity index (χ4v) is 2.55. The summed E-state index contributed by atoms with van der Waals surface area (Å²) in [6.45, 7) is 4.27. The summed E-state index contributed by atoms with van der Waals surface area (Å²) in [6, 6.07) is 7.34. The Kier molecular flexibility index (Phi) is 6.37. The molecule has 2 aromatic heterocycles. The van der Waals surface area contributed by atoms with Gasteiger partial charge in [0.1, 0.15) is 5.75 Å². The molecule has 0 spiro atoms. The Hall–Kier alpha value is -3.80. The largest absolute Gasteiger partial charge is 0.491 e. The molecule has 0 unspecified atom stereocenters. The van der Waals surface area contributed by atoms with Crippen LogP contribution in [0.2, 0.25) is 0 Å². The zero-order valence-electron chi connectivity index (χ0n) is 17.1. The number of hydrazone groups is 1. The molecule has 3 aromatic rings. The minimum atomic E-state index is -0.524. The highest BCUT2D eigenvalue weighted by molar-refractivity contribution is 5.94. The molecule has 3 N–H and O–H groups in total. The lowest BCUT2D eigenvalue weighted by Gasteiger charge is -2.11. The van der Waals surface area contributed by atoms with Gasteiger partial charge < -0.3 is 15.4 Å². The summed E-state index contributed by atoms with van der Waals surface area (Å²) >= 11 is 0. The monoisotopic (exact) mass is 413 g/mol. The molecule has 0 fully saturated rings. The van der Waals surface area contributed by atoms with E-state index in [0.29, 0.717) is 12.2 Å². The lowest BCUT2D eigenvalue weighted by molar-refractivity contribution is 0.0948. The first-order valence-corrected chi connectivity index (χ1v) is 9.13. The molecule has 2 heterocycles. The van der Waals surface area contributed by atoms with Crippen molar-refractivity contribution in [1.29, 1.82) is 0 Å². The minimum Gasteiger partial charge on any atom is -0.491 e. The number of nitrogens with one attached hydrogen (secondary N) is 1. The average molecular weight is 413 g/mol. The Morgan fingerprint density at radius 3 is 2.67 bits per heavy atom. The van der Waals surface area contributed by atoms with Gasteiger partial charge in [-0.3, -0.25) is 4.79 Å². The average Bonchev–Trinajstić information content (AvgIpc) is 3.28. The first-order valence-electron chi connectivity index (χ1n) is 9.13. The highest BCUT2D eigenvalue weighted by Gasteiger charge is 2.24. The molecule has 3 rings (SSSR count). The van der Waals surface area contributed by atoms with Crippen LogP contribution < -0.4 is 15.9 Å². The molecule has 0 radical (unpaired) electrons. The summed E-state index contributed by atoms with van der Waals surface area (Å²) in [5.74, 6) is 0.433. The van der Waals surface area contributed by atoms with Gasteiger partial charge in [-0.1, -0.05) is 5.21 Å². The minimum absolute atomic E-state index is 0.0368. The number of carbonyl (C=O) groups is 1. The Morgan fingerprint density at radius 1 is 1.33 bits per heavy atom. The second kappa shape index (κ2) is 9.13. The Balaban J connectivity index is 1.74. The number of carbonyl (C=O) groups excluding carboxylic acids is 1. The van der Waals surface area contributed by atoms with Crippen molar-refractivity contribution in [2.75, 3.05) is 19.8 Å². The highest BCUT2D eigenvalue weighted by Crippen LogP contribution is 2.17. The number of ether oxygens (including phenoxy) is 1. The van der Waals surface area contributed by atoms with Crippen molar-refractivity contribution in [3.05, 3.63) is 41.2 Å². The first kappa shape index (κ1) is 20.9. The van der Waals surface area contributed by atoms with Gasteiger partial charge in [-0.2, -0.15) is 9.78 Å². The fraction of sp³-hybridized carbons (Fsp3) is 0.333. The maximum Gasteiger partial charge on any atom is 0.293 e. The fourth-order valence-electron chi connectivity index (χ4n) is 2.55. The normalized spacial score (nSPS) is 11.5. The highest BCUT2D eigenvalue weighted by atomic mass is 16.6. The summed E-state index contributed by atoms with van der Waals surface area (Å²) in [7, 11) is 3.68. The molecule has 1 amide bonds. The van der Waals surface area contributed by atoms with Gasteiger partial charge in [0, 0.05) is 6.54 Å². The first-order chi connectivity index (χ1) is 14.3. The van der Waals surface area contributed by atoms with Crippen LogP contribution in [0.5, 0.6) is 5.75 Å². The van der Waals surface area contributed by atoms with Crippen molar-refractivity contribution >= 4 is 17.9 Å². The molecule has 1 aromatic carbocycles. The number of aromatic nitrogens is 5. The van der Waals surface area contributed by atoms with E-state index in [4.69, 9.17) is 10.5 Å². The number of rotatable bonds is 8. The second-order valence-corrected chi connectivity index (χ2v) is 6.94. The molecule has 30 heavy (non-hydrogen) atoms. The van der Waals surface area contributed by atoms with Crippen LogP contribution in [0.4, 0.5) is 5.82 Å². The van der Waals surface area contributed by atoms with Crippen LogP contribution in [0.1, 0.15) is 35.6 Å². The lowest BCUT2D eigenvalue weighted by atomic mass is 10.2. The third-order valence-corrected chi connectivity index (χ3v) is 3.77. The molecule has 158 valence electrons. The number of hydrogen-bond donors (Lipinski definition) is 2. The number of nitrogens with two attached hydrogens (primary N) is 1. The van der Waals surface area contributed by atoms with Gasteiger partial charge in [-0.05, 0) is 68.1 Å². The summed E-state index contributed by atoms with van der Waals surface area (Å²) < 4.78 is 11.5.